The molecule has 33 heavy (non-hydrogen) atoms. The van der Waals surface area contributed by atoms with E-state index in [4.69, 9.17) is 4.74 Å². The molecule has 0 N–H and O–H groups in total. The summed E-state index contributed by atoms with van der Waals surface area (Å²) < 4.78 is 44.9. The van der Waals surface area contributed by atoms with Gasteiger partial charge in [-0.1, -0.05) is 61.5 Å². The molecule has 172 valence electrons. The fraction of sp³-hybridized carbons (Fsp3) is 0.321. The summed E-state index contributed by atoms with van der Waals surface area (Å²) in [6, 6.07) is 20.6. The van der Waals surface area contributed by atoms with Crippen LogP contribution in [0.25, 0.3) is 0 Å². The van der Waals surface area contributed by atoms with Gasteiger partial charge in [0.05, 0.1) is 5.92 Å². The Morgan fingerprint density at radius 2 is 1.52 bits per heavy atom. The number of ether oxygens (including phenoxy) is 1. The maximum atomic E-state index is 13.3. The molecule has 0 amide bonds. The van der Waals surface area contributed by atoms with Crippen molar-refractivity contribution >= 4 is 5.97 Å². The van der Waals surface area contributed by atoms with Crippen molar-refractivity contribution in [2.75, 3.05) is 0 Å². The number of rotatable bonds is 6. The zero-order valence-electron chi connectivity index (χ0n) is 18.6. The van der Waals surface area contributed by atoms with Crippen LogP contribution < -0.4 is 4.74 Å². The van der Waals surface area contributed by atoms with Gasteiger partial charge < -0.3 is 4.74 Å². The van der Waals surface area contributed by atoms with Crippen LogP contribution in [-0.4, -0.2) is 5.97 Å². The van der Waals surface area contributed by atoms with Crippen LogP contribution >= 0.6 is 0 Å². The van der Waals surface area contributed by atoms with Crippen molar-refractivity contribution in [1.82, 2.24) is 0 Å². The summed E-state index contributed by atoms with van der Waals surface area (Å²) in [5, 5.41) is 0. The van der Waals surface area contributed by atoms with Gasteiger partial charge in [0, 0.05) is 12.1 Å². The minimum absolute atomic E-state index is 0.307. The summed E-state index contributed by atoms with van der Waals surface area (Å²) in [4.78, 5) is 12.4. The second-order valence-electron chi connectivity index (χ2n) is 8.93. The highest BCUT2D eigenvalue weighted by Gasteiger charge is 2.29. The molecule has 3 aromatic carbocycles. The Morgan fingerprint density at radius 3 is 2.12 bits per heavy atom. The molecule has 1 aliphatic carbocycles. The third-order valence-electron chi connectivity index (χ3n) is 6.60. The van der Waals surface area contributed by atoms with Gasteiger partial charge in [0.15, 0.2) is 17.5 Å². The molecule has 0 radical (unpaired) electrons. The molecular formula is C28H27F3O2. The Balaban J connectivity index is 1.30. The van der Waals surface area contributed by atoms with Crippen molar-refractivity contribution in [3.8, 4) is 5.75 Å². The minimum atomic E-state index is -1.57. The van der Waals surface area contributed by atoms with Gasteiger partial charge in [-0.05, 0) is 60.6 Å². The Labute approximate surface area is 192 Å². The predicted molar refractivity (Wildman–Crippen MR) is 122 cm³/mol. The normalized spacial score (nSPS) is 19.2. The molecule has 3 aromatic rings. The van der Waals surface area contributed by atoms with Crippen molar-refractivity contribution in [2.24, 2.45) is 5.92 Å². The number of esters is 1. The van der Waals surface area contributed by atoms with Gasteiger partial charge in [-0.25, -0.2) is 13.2 Å². The monoisotopic (exact) mass is 452 g/mol. The Hall–Kier alpha value is -3.08. The average molecular weight is 453 g/mol. The summed E-state index contributed by atoms with van der Waals surface area (Å²) in [7, 11) is 0. The summed E-state index contributed by atoms with van der Waals surface area (Å²) >= 11 is 0. The zero-order valence-corrected chi connectivity index (χ0v) is 18.6. The summed E-state index contributed by atoms with van der Waals surface area (Å²) in [6.07, 6.45) is 3.94. The van der Waals surface area contributed by atoms with Gasteiger partial charge in [0.1, 0.15) is 5.75 Å². The van der Waals surface area contributed by atoms with Crippen LogP contribution in [0.3, 0.4) is 0 Å². The predicted octanol–water partition coefficient (Wildman–Crippen LogP) is 7.33. The first-order valence-corrected chi connectivity index (χ1v) is 11.4. The van der Waals surface area contributed by atoms with Crippen LogP contribution in [-0.2, 0) is 11.2 Å². The van der Waals surface area contributed by atoms with E-state index in [0.717, 1.165) is 19.3 Å². The minimum Gasteiger partial charge on any atom is -0.426 e. The lowest BCUT2D eigenvalue weighted by molar-refractivity contribution is -0.140. The number of hydrogen-bond donors (Lipinski definition) is 0. The summed E-state index contributed by atoms with van der Waals surface area (Å²) in [6.45, 7) is 2.23. The Morgan fingerprint density at radius 1 is 0.909 bits per heavy atom. The molecule has 0 bridgehead atoms. The first kappa shape index (κ1) is 23.1. The first-order valence-electron chi connectivity index (χ1n) is 11.4. The van der Waals surface area contributed by atoms with Crippen molar-refractivity contribution in [3.05, 3.63) is 101 Å². The third-order valence-corrected chi connectivity index (χ3v) is 6.60. The van der Waals surface area contributed by atoms with E-state index in [9.17, 15) is 18.0 Å². The lowest BCUT2D eigenvalue weighted by Crippen LogP contribution is -2.25. The SMILES string of the molecule is C[C@@H](Cc1ccc(C2CCC(C(=O)Oc3cc(F)c(F)c(F)c3)CC2)cc1)c1ccccc1. The molecule has 1 saturated carbocycles. The molecule has 0 heterocycles. The molecule has 0 unspecified atom stereocenters. The van der Waals surface area contributed by atoms with Crippen LogP contribution in [0.1, 0.15) is 61.1 Å². The van der Waals surface area contributed by atoms with Crippen LogP contribution in [0.15, 0.2) is 66.7 Å². The lowest BCUT2D eigenvalue weighted by atomic mass is 9.78. The number of carbonyl (C=O) groups excluding carboxylic acids is 1. The fourth-order valence-corrected chi connectivity index (χ4v) is 4.63. The van der Waals surface area contributed by atoms with E-state index in [2.05, 4.69) is 55.5 Å². The van der Waals surface area contributed by atoms with Crippen LogP contribution in [0.4, 0.5) is 13.2 Å². The van der Waals surface area contributed by atoms with Crippen molar-refractivity contribution in [3.63, 3.8) is 0 Å². The molecule has 1 fully saturated rings. The van der Waals surface area contributed by atoms with Gasteiger partial charge in [-0.3, -0.25) is 4.79 Å². The molecule has 0 saturated heterocycles. The second-order valence-corrected chi connectivity index (χ2v) is 8.93. The van der Waals surface area contributed by atoms with E-state index in [1.54, 1.807) is 0 Å². The van der Waals surface area contributed by atoms with E-state index < -0.39 is 23.4 Å². The van der Waals surface area contributed by atoms with Crippen LogP contribution in [0.5, 0.6) is 5.75 Å². The fourth-order valence-electron chi connectivity index (χ4n) is 4.63. The van der Waals surface area contributed by atoms with Gasteiger partial charge in [-0.2, -0.15) is 0 Å². The van der Waals surface area contributed by atoms with Gasteiger partial charge in [0.25, 0.3) is 0 Å². The number of benzene rings is 3. The van der Waals surface area contributed by atoms with E-state index in [-0.39, 0.29) is 11.7 Å². The highest BCUT2D eigenvalue weighted by Crippen LogP contribution is 2.37. The number of carbonyl (C=O) groups is 1. The second kappa shape index (κ2) is 10.2. The Bertz CT molecular complexity index is 1060. The zero-order chi connectivity index (χ0) is 23.4. The first-order chi connectivity index (χ1) is 15.9. The molecule has 0 aromatic heterocycles. The highest BCUT2D eigenvalue weighted by atomic mass is 19.2. The van der Waals surface area contributed by atoms with Gasteiger partial charge in [0.2, 0.25) is 0 Å². The summed E-state index contributed by atoms with van der Waals surface area (Å²) in [5.41, 5.74) is 3.89. The highest BCUT2D eigenvalue weighted by molar-refractivity contribution is 5.75. The van der Waals surface area contributed by atoms with Crippen molar-refractivity contribution in [2.45, 2.75) is 50.9 Å². The van der Waals surface area contributed by atoms with Gasteiger partial charge in [-0.15, -0.1) is 0 Å². The molecule has 2 nitrogen and oxygen atoms in total. The molecule has 1 aliphatic rings. The molecule has 5 heteroatoms. The molecule has 0 spiro atoms. The Kier molecular flexibility index (Phi) is 7.17. The molecule has 1 atom stereocenters. The number of hydrogen-bond acceptors (Lipinski definition) is 2. The smallest absolute Gasteiger partial charge is 0.314 e. The van der Waals surface area contributed by atoms with Crippen LogP contribution in [0, 0.1) is 23.4 Å². The van der Waals surface area contributed by atoms with Crippen LogP contribution in [0.2, 0.25) is 0 Å². The molecule has 0 aliphatic heterocycles. The maximum absolute atomic E-state index is 13.3. The average Bonchev–Trinajstić information content (AvgIpc) is 2.83. The van der Waals surface area contributed by atoms with E-state index >= 15 is 0 Å². The topological polar surface area (TPSA) is 26.3 Å². The molecular weight excluding hydrogens is 425 g/mol. The largest absolute Gasteiger partial charge is 0.426 e. The van der Waals surface area contributed by atoms with Crippen molar-refractivity contribution < 1.29 is 22.7 Å². The lowest BCUT2D eigenvalue weighted by Gasteiger charge is -2.27. The number of halogens is 3. The standard InChI is InChI=1S/C28H27F3O2/c1-18(20-5-3-2-4-6-20)15-19-7-9-21(10-8-19)22-11-13-23(14-12-22)28(32)33-24-16-25(29)27(31)26(30)17-24/h2-10,16-18,22-23H,11-15H2,1H3/t18-,22?,23?/m0/s1. The van der Waals surface area contributed by atoms with Crippen molar-refractivity contribution in [1.29, 1.82) is 0 Å². The maximum Gasteiger partial charge on any atom is 0.314 e. The van der Waals surface area contributed by atoms with E-state index in [0.29, 0.717) is 36.8 Å². The molecule has 4 rings (SSSR count). The quantitative estimate of drug-likeness (QED) is 0.222. The summed E-state index contributed by atoms with van der Waals surface area (Å²) in [5.74, 6) is -4.66. The van der Waals surface area contributed by atoms with E-state index in [1.807, 2.05) is 6.07 Å². The third kappa shape index (κ3) is 5.65. The van der Waals surface area contributed by atoms with E-state index in [1.165, 1.54) is 16.7 Å². The van der Waals surface area contributed by atoms with Gasteiger partial charge >= 0.3 is 5.97 Å².